The first-order chi connectivity index (χ1) is 5.33. The number of para-hydroxylation sites is 1. The lowest BCUT2D eigenvalue weighted by Gasteiger charge is -2.11. The Bertz CT molecular complexity index is 193. The second kappa shape index (κ2) is 4.02. The predicted octanol–water partition coefficient (Wildman–Crippen LogP) is 2.71. The summed E-state index contributed by atoms with van der Waals surface area (Å²) in [5, 5.41) is 3.28. The van der Waals surface area contributed by atoms with Crippen molar-refractivity contribution < 1.29 is 0 Å². The second-order valence-electron chi connectivity index (χ2n) is 2.62. The van der Waals surface area contributed by atoms with Crippen LogP contribution >= 0.6 is 0 Å². The summed E-state index contributed by atoms with van der Waals surface area (Å²) >= 11 is 0. The molecule has 0 aromatic heterocycles. The monoisotopic (exact) mass is 148 g/mol. The van der Waals surface area contributed by atoms with Crippen molar-refractivity contribution in [3.05, 3.63) is 37.3 Å². The molecule has 1 aromatic rings. The van der Waals surface area contributed by atoms with Gasteiger partial charge in [-0.2, -0.15) is 0 Å². The largest absolute Gasteiger partial charge is 0.382 e. The molecule has 0 saturated heterocycles. The standard InChI is InChI=1S/C10H14N/c1-3-9(2)11-10-7-5-4-6-8-10/h4-9,11H,2-3H2,1H3. The molecule has 11 heavy (non-hydrogen) atoms. The van der Waals surface area contributed by atoms with Gasteiger partial charge < -0.3 is 5.32 Å². The molecule has 0 aliphatic rings. The van der Waals surface area contributed by atoms with Crippen molar-refractivity contribution in [1.29, 1.82) is 0 Å². The van der Waals surface area contributed by atoms with E-state index < -0.39 is 0 Å². The van der Waals surface area contributed by atoms with Crippen LogP contribution in [0.5, 0.6) is 0 Å². The van der Waals surface area contributed by atoms with Crippen LogP contribution in [0.25, 0.3) is 0 Å². The van der Waals surface area contributed by atoms with Gasteiger partial charge in [0.1, 0.15) is 0 Å². The third kappa shape index (κ3) is 2.62. The fourth-order valence-corrected chi connectivity index (χ4v) is 0.872. The SMILES string of the molecule is [CH2]C(CC)Nc1ccccc1. The fraction of sp³-hybridized carbons (Fsp3) is 0.300. The molecule has 1 unspecified atom stereocenters. The molecule has 0 fully saturated rings. The summed E-state index contributed by atoms with van der Waals surface area (Å²) < 4.78 is 0. The van der Waals surface area contributed by atoms with Gasteiger partial charge in [0.2, 0.25) is 0 Å². The number of rotatable bonds is 3. The summed E-state index contributed by atoms with van der Waals surface area (Å²) in [6.07, 6.45) is 1.05. The van der Waals surface area contributed by atoms with Crippen molar-refractivity contribution in [3.8, 4) is 0 Å². The average molecular weight is 148 g/mol. The van der Waals surface area contributed by atoms with Gasteiger partial charge in [-0.15, -0.1) is 0 Å². The van der Waals surface area contributed by atoms with Crippen molar-refractivity contribution in [3.63, 3.8) is 0 Å². The summed E-state index contributed by atoms with van der Waals surface area (Å²) in [6, 6.07) is 10.5. The molecule has 1 radical (unpaired) electrons. The van der Waals surface area contributed by atoms with Crippen LogP contribution in [-0.2, 0) is 0 Å². The zero-order chi connectivity index (χ0) is 8.10. The van der Waals surface area contributed by atoms with E-state index in [1.54, 1.807) is 0 Å². The molecule has 0 bridgehead atoms. The van der Waals surface area contributed by atoms with Gasteiger partial charge in [0.15, 0.2) is 0 Å². The maximum absolute atomic E-state index is 3.94. The molecule has 59 valence electrons. The number of hydrogen-bond acceptors (Lipinski definition) is 1. The highest BCUT2D eigenvalue weighted by atomic mass is 14.9. The molecule has 0 aliphatic carbocycles. The van der Waals surface area contributed by atoms with Crippen molar-refractivity contribution >= 4 is 5.69 Å². The lowest BCUT2D eigenvalue weighted by atomic mass is 10.2. The predicted molar refractivity (Wildman–Crippen MR) is 49.5 cm³/mol. The van der Waals surface area contributed by atoms with E-state index in [0.717, 1.165) is 12.1 Å². The Morgan fingerprint density at radius 2 is 2.00 bits per heavy atom. The molecule has 1 atom stereocenters. The van der Waals surface area contributed by atoms with E-state index in [1.807, 2.05) is 30.3 Å². The van der Waals surface area contributed by atoms with Crippen LogP contribution < -0.4 is 5.32 Å². The molecule has 0 amide bonds. The molecular formula is C10H14N. The van der Waals surface area contributed by atoms with E-state index in [0.29, 0.717) is 6.04 Å². The maximum atomic E-state index is 3.94. The highest BCUT2D eigenvalue weighted by molar-refractivity contribution is 5.43. The number of nitrogens with one attached hydrogen (secondary N) is 1. The Morgan fingerprint density at radius 3 is 2.55 bits per heavy atom. The van der Waals surface area contributed by atoms with Gasteiger partial charge in [-0.05, 0) is 25.5 Å². The van der Waals surface area contributed by atoms with Crippen molar-refractivity contribution in [2.45, 2.75) is 19.4 Å². The molecular weight excluding hydrogens is 134 g/mol. The minimum atomic E-state index is 0.317. The average Bonchev–Trinajstić information content (AvgIpc) is 2.06. The van der Waals surface area contributed by atoms with Gasteiger partial charge >= 0.3 is 0 Å². The van der Waals surface area contributed by atoms with Crippen LogP contribution in [0.1, 0.15) is 13.3 Å². The Labute approximate surface area is 68.4 Å². The topological polar surface area (TPSA) is 12.0 Å². The van der Waals surface area contributed by atoms with Gasteiger partial charge in [0, 0.05) is 11.7 Å². The summed E-state index contributed by atoms with van der Waals surface area (Å²) in [4.78, 5) is 0. The second-order valence-corrected chi connectivity index (χ2v) is 2.62. The Kier molecular flexibility index (Phi) is 2.96. The molecule has 1 heteroatoms. The lowest BCUT2D eigenvalue weighted by Crippen LogP contribution is -2.13. The van der Waals surface area contributed by atoms with E-state index in [1.165, 1.54) is 0 Å². The first-order valence-corrected chi connectivity index (χ1v) is 3.97. The van der Waals surface area contributed by atoms with Crippen LogP contribution in [0, 0.1) is 6.92 Å². The number of benzene rings is 1. The van der Waals surface area contributed by atoms with Gasteiger partial charge in [0.05, 0.1) is 0 Å². The third-order valence-electron chi connectivity index (χ3n) is 1.64. The van der Waals surface area contributed by atoms with E-state index >= 15 is 0 Å². The quantitative estimate of drug-likeness (QED) is 0.695. The summed E-state index contributed by atoms with van der Waals surface area (Å²) in [5.41, 5.74) is 1.15. The lowest BCUT2D eigenvalue weighted by molar-refractivity contribution is 0.830. The van der Waals surface area contributed by atoms with E-state index in [2.05, 4.69) is 19.2 Å². The molecule has 0 spiro atoms. The third-order valence-corrected chi connectivity index (χ3v) is 1.64. The van der Waals surface area contributed by atoms with Crippen molar-refractivity contribution in [2.75, 3.05) is 5.32 Å². The molecule has 0 aliphatic heterocycles. The van der Waals surface area contributed by atoms with E-state index in [4.69, 9.17) is 0 Å². The smallest absolute Gasteiger partial charge is 0.0342 e. The van der Waals surface area contributed by atoms with Gasteiger partial charge in [-0.1, -0.05) is 25.1 Å². The van der Waals surface area contributed by atoms with Gasteiger partial charge in [-0.25, -0.2) is 0 Å². The molecule has 1 N–H and O–H groups in total. The fourth-order valence-electron chi connectivity index (χ4n) is 0.872. The maximum Gasteiger partial charge on any atom is 0.0342 e. The molecule has 1 nitrogen and oxygen atoms in total. The normalized spacial score (nSPS) is 12.5. The Balaban J connectivity index is 2.51. The molecule has 1 aromatic carbocycles. The zero-order valence-corrected chi connectivity index (χ0v) is 6.88. The van der Waals surface area contributed by atoms with E-state index in [-0.39, 0.29) is 0 Å². The minimum absolute atomic E-state index is 0.317. The first kappa shape index (κ1) is 8.12. The molecule has 1 rings (SSSR count). The van der Waals surface area contributed by atoms with Crippen molar-refractivity contribution in [1.82, 2.24) is 0 Å². The van der Waals surface area contributed by atoms with Crippen LogP contribution in [0.15, 0.2) is 30.3 Å². The van der Waals surface area contributed by atoms with Gasteiger partial charge in [-0.3, -0.25) is 0 Å². The van der Waals surface area contributed by atoms with Crippen LogP contribution in [0.4, 0.5) is 5.69 Å². The molecule has 0 saturated carbocycles. The Hall–Kier alpha value is -0.980. The summed E-state index contributed by atoms with van der Waals surface area (Å²) in [5.74, 6) is 0. The zero-order valence-electron chi connectivity index (χ0n) is 6.88. The highest BCUT2D eigenvalue weighted by Crippen LogP contribution is 2.07. The minimum Gasteiger partial charge on any atom is -0.382 e. The summed E-state index contributed by atoms with van der Waals surface area (Å²) in [7, 11) is 0. The van der Waals surface area contributed by atoms with Crippen molar-refractivity contribution in [2.24, 2.45) is 0 Å². The number of anilines is 1. The molecule has 0 heterocycles. The van der Waals surface area contributed by atoms with Gasteiger partial charge in [0.25, 0.3) is 0 Å². The highest BCUT2D eigenvalue weighted by Gasteiger charge is 1.95. The van der Waals surface area contributed by atoms with E-state index in [9.17, 15) is 0 Å². The summed E-state index contributed by atoms with van der Waals surface area (Å²) in [6.45, 7) is 6.06. The van der Waals surface area contributed by atoms with Crippen LogP contribution in [0.3, 0.4) is 0 Å². The number of hydrogen-bond donors (Lipinski definition) is 1. The van der Waals surface area contributed by atoms with Crippen LogP contribution in [0.2, 0.25) is 0 Å². The Morgan fingerprint density at radius 1 is 1.36 bits per heavy atom. The first-order valence-electron chi connectivity index (χ1n) is 3.97. The van der Waals surface area contributed by atoms with Crippen LogP contribution in [-0.4, -0.2) is 6.04 Å².